The topological polar surface area (TPSA) is 41.6 Å². The lowest BCUT2D eigenvalue weighted by Crippen LogP contribution is -2.48. The van der Waals surface area contributed by atoms with Crippen LogP contribution in [0.4, 0.5) is 10.5 Å². The molecule has 1 spiro atoms. The molecule has 0 radical (unpaired) electrons. The Morgan fingerprint density at radius 3 is 2.75 bits per heavy atom. The molecule has 1 N–H and O–H groups in total. The number of amides is 1. The second-order valence-corrected chi connectivity index (χ2v) is 6.33. The van der Waals surface area contributed by atoms with Gasteiger partial charge in [-0.3, -0.25) is 5.32 Å². The summed E-state index contributed by atoms with van der Waals surface area (Å²) >= 11 is 0. The number of allylic oxidation sites excluding steroid dienone is 3. The van der Waals surface area contributed by atoms with Gasteiger partial charge in [0.05, 0.1) is 5.69 Å². The van der Waals surface area contributed by atoms with Crippen LogP contribution in [0.5, 0.6) is 0 Å². The zero-order valence-corrected chi connectivity index (χ0v) is 14.0. The van der Waals surface area contributed by atoms with Crippen molar-refractivity contribution in [2.75, 3.05) is 25.0 Å². The SMILES string of the molecule is C=C/C=C(\C=C)CCN1CCC2(CC1)OC(=O)Nc1ccccc12. The Morgan fingerprint density at radius 2 is 2.04 bits per heavy atom. The number of nitrogens with zero attached hydrogens (tertiary/aromatic N) is 1. The number of hydrogen-bond donors (Lipinski definition) is 1. The van der Waals surface area contributed by atoms with Gasteiger partial charge in [-0.05, 0) is 18.1 Å². The lowest BCUT2D eigenvalue weighted by molar-refractivity contribution is -0.0375. The smallest absolute Gasteiger partial charge is 0.412 e. The number of carbonyl (C=O) groups is 1. The average Bonchev–Trinajstić information content (AvgIpc) is 2.60. The Bertz CT molecular complexity index is 670. The summed E-state index contributed by atoms with van der Waals surface area (Å²) in [5.41, 5.74) is 2.70. The van der Waals surface area contributed by atoms with Gasteiger partial charge in [-0.15, -0.1) is 0 Å². The van der Waals surface area contributed by atoms with Gasteiger partial charge in [0.15, 0.2) is 0 Å². The van der Waals surface area contributed by atoms with E-state index in [2.05, 4.69) is 29.4 Å². The van der Waals surface area contributed by atoms with Crippen molar-refractivity contribution in [2.24, 2.45) is 0 Å². The summed E-state index contributed by atoms with van der Waals surface area (Å²) in [6.45, 7) is 10.4. The molecule has 0 unspecified atom stereocenters. The van der Waals surface area contributed by atoms with Crippen LogP contribution in [0.3, 0.4) is 0 Å². The van der Waals surface area contributed by atoms with Crippen molar-refractivity contribution in [3.8, 4) is 0 Å². The minimum Gasteiger partial charge on any atom is -0.438 e. The number of likely N-dealkylation sites (tertiary alicyclic amines) is 1. The van der Waals surface area contributed by atoms with Gasteiger partial charge in [-0.1, -0.05) is 49.6 Å². The van der Waals surface area contributed by atoms with Crippen molar-refractivity contribution in [3.05, 3.63) is 66.8 Å². The highest BCUT2D eigenvalue weighted by molar-refractivity contribution is 5.88. The quantitative estimate of drug-likeness (QED) is 0.824. The van der Waals surface area contributed by atoms with E-state index >= 15 is 0 Å². The molecule has 0 atom stereocenters. The number of piperidine rings is 1. The molecule has 0 aliphatic carbocycles. The van der Waals surface area contributed by atoms with Gasteiger partial charge in [0, 0.05) is 38.0 Å². The highest BCUT2D eigenvalue weighted by atomic mass is 16.6. The maximum absolute atomic E-state index is 11.9. The molecule has 126 valence electrons. The standard InChI is InChI=1S/C20H24N2O2/c1-3-7-16(4-2)10-13-22-14-11-20(12-15-22)17-8-5-6-9-18(17)21-19(23)24-20/h3-9H,1-2,10-15H2,(H,21,23)/b16-7+. The molecule has 1 aromatic rings. The lowest BCUT2D eigenvalue weighted by Gasteiger charge is -2.44. The summed E-state index contributed by atoms with van der Waals surface area (Å²) in [6.07, 6.45) is 7.96. The molecule has 0 bridgehead atoms. The first kappa shape index (κ1) is 16.5. The van der Waals surface area contributed by atoms with Gasteiger partial charge in [0.2, 0.25) is 0 Å². The summed E-state index contributed by atoms with van der Waals surface area (Å²) in [7, 11) is 0. The van der Waals surface area contributed by atoms with Crippen LogP contribution in [0.2, 0.25) is 0 Å². The monoisotopic (exact) mass is 324 g/mol. The van der Waals surface area contributed by atoms with Crippen LogP contribution >= 0.6 is 0 Å². The zero-order valence-electron chi connectivity index (χ0n) is 14.0. The number of nitrogens with one attached hydrogen (secondary N) is 1. The Morgan fingerprint density at radius 1 is 1.29 bits per heavy atom. The fourth-order valence-corrected chi connectivity index (χ4v) is 3.56. The van der Waals surface area contributed by atoms with E-state index in [1.807, 2.05) is 30.4 Å². The average molecular weight is 324 g/mol. The predicted octanol–water partition coefficient (Wildman–Crippen LogP) is 4.23. The van der Waals surface area contributed by atoms with Crippen molar-refractivity contribution in [1.82, 2.24) is 4.90 Å². The number of anilines is 1. The molecule has 1 amide bonds. The minimum absolute atomic E-state index is 0.343. The zero-order chi connectivity index (χ0) is 17.0. The van der Waals surface area contributed by atoms with E-state index in [1.54, 1.807) is 6.08 Å². The van der Waals surface area contributed by atoms with Crippen molar-refractivity contribution in [3.63, 3.8) is 0 Å². The van der Waals surface area contributed by atoms with Crippen molar-refractivity contribution in [1.29, 1.82) is 0 Å². The van der Waals surface area contributed by atoms with E-state index in [9.17, 15) is 4.79 Å². The van der Waals surface area contributed by atoms with Crippen LogP contribution in [0.25, 0.3) is 0 Å². The van der Waals surface area contributed by atoms with E-state index < -0.39 is 5.60 Å². The van der Waals surface area contributed by atoms with Crippen LogP contribution in [-0.2, 0) is 10.3 Å². The van der Waals surface area contributed by atoms with Gasteiger partial charge < -0.3 is 9.64 Å². The van der Waals surface area contributed by atoms with E-state index in [4.69, 9.17) is 4.74 Å². The van der Waals surface area contributed by atoms with E-state index in [-0.39, 0.29) is 6.09 Å². The number of rotatable bonds is 5. The molecule has 2 aliphatic heterocycles. The predicted molar refractivity (Wildman–Crippen MR) is 97.0 cm³/mol. The third-order valence-electron chi connectivity index (χ3n) is 4.92. The second kappa shape index (κ2) is 7.05. The number of benzene rings is 1. The minimum atomic E-state index is -0.479. The Labute approximate surface area is 143 Å². The van der Waals surface area contributed by atoms with Crippen LogP contribution in [0, 0.1) is 0 Å². The van der Waals surface area contributed by atoms with E-state index in [0.717, 1.165) is 50.1 Å². The molecule has 2 heterocycles. The summed E-state index contributed by atoms with van der Waals surface area (Å²) in [4.78, 5) is 14.4. The Balaban J connectivity index is 1.66. The van der Waals surface area contributed by atoms with E-state index in [1.165, 1.54) is 5.57 Å². The van der Waals surface area contributed by atoms with Gasteiger partial charge in [-0.25, -0.2) is 4.79 Å². The lowest BCUT2D eigenvalue weighted by atomic mass is 9.82. The second-order valence-electron chi connectivity index (χ2n) is 6.33. The molecule has 0 aromatic heterocycles. The molecular formula is C20H24N2O2. The Hall–Kier alpha value is -2.33. The van der Waals surface area contributed by atoms with Crippen molar-refractivity contribution < 1.29 is 9.53 Å². The fraction of sp³-hybridized carbons (Fsp3) is 0.350. The highest BCUT2D eigenvalue weighted by Crippen LogP contribution is 2.43. The van der Waals surface area contributed by atoms with Gasteiger partial charge >= 0.3 is 6.09 Å². The molecule has 0 saturated carbocycles. The fourth-order valence-electron chi connectivity index (χ4n) is 3.56. The number of fused-ring (bicyclic) bond motifs is 2. The normalized spacial score (nSPS) is 20.0. The van der Waals surface area contributed by atoms with Gasteiger partial charge in [0.25, 0.3) is 0 Å². The summed E-state index contributed by atoms with van der Waals surface area (Å²) in [5.74, 6) is 0. The molecule has 4 nitrogen and oxygen atoms in total. The molecule has 24 heavy (non-hydrogen) atoms. The third-order valence-corrected chi connectivity index (χ3v) is 4.92. The maximum Gasteiger partial charge on any atom is 0.412 e. The summed E-state index contributed by atoms with van der Waals surface area (Å²) < 4.78 is 5.76. The first-order valence-electron chi connectivity index (χ1n) is 8.43. The summed E-state index contributed by atoms with van der Waals surface area (Å²) in [6, 6.07) is 7.95. The first-order valence-corrected chi connectivity index (χ1v) is 8.43. The van der Waals surface area contributed by atoms with Crippen molar-refractivity contribution in [2.45, 2.75) is 24.9 Å². The first-order chi connectivity index (χ1) is 11.7. The molecule has 1 fully saturated rings. The largest absolute Gasteiger partial charge is 0.438 e. The third kappa shape index (κ3) is 3.29. The molecule has 4 heteroatoms. The van der Waals surface area contributed by atoms with Crippen LogP contribution in [-0.4, -0.2) is 30.6 Å². The van der Waals surface area contributed by atoms with Crippen molar-refractivity contribution >= 4 is 11.8 Å². The molecular weight excluding hydrogens is 300 g/mol. The number of carbonyl (C=O) groups excluding carboxylic acids is 1. The van der Waals surface area contributed by atoms with Crippen LogP contribution in [0.1, 0.15) is 24.8 Å². The van der Waals surface area contributed by atoms with Gasteiger partial charge in [0.1, 0.15) is 5.60 Å². The number of ether oxygens (including phenoxy) is 1. The number of hydrogen-bond acceptors (Lipinski definition) is 3. The molecule has 1 saturated heterocycles. The maximum atomic E-state index is 11.9. The summed E-state index contributed by atoms with van der Waals surface area (Å²) in [5, 5.41) is 2.80. The number of para-hydroxylation sites is 1. The van der Waals surface area contributed by atoms with Gasteiger partial charge in [-0.2, -0.15) is 0 Å². The van der Waals surface area contributed by atoms with Crippen LogP contribution in [0.15, 0.2) is 61.2 Å². The van der Waals surface area contributed by atoms with E-state index in [0.29, 0.717) is 0 Å². The van der Waals surface area contributed by atoms with Crippen LogP contribution < -0.4 is 5.32 Å². The highest BCUT2D eigenvalue weighted by Gasteiger charge is 2.44. The molecule has 1 aromatic carbocycles. The molecule has 3 rings (SSSR count). The Kier molecular flexibility index (Phi) is 4.86. The molecule has 2 aliphatic rings.